The van der Waals surface area contributed by atoms with Crippen LogP contribution < -0.4 is 11.5 Å². The number of amides is 1. The molecule has 6 nitrogen and oxygen atoms in total. The highest BCUT2D eigenvalue weighted by Gasteiger charge is 2.10. The van der Waals surface area contributed by atoms with Crippen LogP contribution in [0.5, 0.6) is 0 Å². The zero-order valence-electron chi connectivity index (χ0n) is 10.2. The van der Waals surface area contributed by atoms with Crippen molar-refractivity contribution in [3.63, 3.8) is 0 Å². The number of nitrogens with two attached hydrogens (primary N) is 2. The monoisotopic (exact) mass is 248 g/mol. The van der Waals surface area contributed by atoms with Gasteiger partial charge in [0.25, 0.3) is 0 Å². The molecule has 0 spiro atoms. The summed E-state index contributed by atoms with van der Waals surface area (Å²) in [6.07, 6.45) is 0.851. The highest BCUT2D eigenvalue weighted by molar-refractivity contribution is 5.96. The van der Waals surface area contributed by atoms with Crippen LogP contribution in [-0.4, -0.2) is 29.2 Å². The molecule has 18 heavy (non-hydrogen) atoms. The molecule has 0 saturated heterocycles. The lowest BCUT2D eigenvalue weighted by molar-refractivity contribution is 0.100. The van der Waals surface area contributed by atoms with Crippen molar-refractivity contribution in [3.05, 3.63) is 23.8 Å². The number of primary amides is 1. The van der Waals surface area contributed by atoms with E-state index in [0.717, 1.165) is 18.5 Å². The van der Waals surface area contributed by atoms with Crippen molar-refractivity contribution in [3.8, 4) is 0 Å². The van der Waals surface area contributed by atoms with Crippen LogP contribution >= 0.6 is 0 Å². The lowest BCUT2D eigenvalue weighted by Gasteiger charge is -2.05. The third kappa shape index (κ3) is 2.28. The van der Waals surface area contributed by atoms with E-state index in [1.54, 1.807) is 19.2 Å². The number of ether oxygens (including phenoxy) is 1. The van der Waals surface area contributed by atoms with E-state index in [9.17, 15) is 4.79 Å². The Hall–Kier alpha value is -2.08. The minimum Gasteiger partial charge on any atom is -0.385 e. The summed E-state index contributed by atoms with van der Waals surface area (Å²) >= 11 is 0. The fourth-order valence-electron chi connectivity index (χ4n) is 1.90. The number of hydrogen-bond acceptors (Lipinski definition) is 4. The first-order valence-electron chi connectivity index (χ1n) is 5.68. The van der Waals surface area contributed by atoms with Gasteiger partial charge in [0.1, 0.15) is 0 Å². The third-order valence-electron chi connectivity index (χ3n) is 2.79. The molecule has 1 aromatic carbocycles. The van der Waals surface area contributed by atoms with Crippen molar-refractivity contribution < 1.29 is 9.53 Å². The summed E-state index contributed by atoms with van der Waals surface area (Å²) in [5.41, 5.74) is 13.1. The van der Waals surface area contributed by atoms with E-state index in [1.807, 2.05) is 10.6 Å². The van der Waals surface area contributed by atoms with Gasteiger partial charge in [0, 0.05) is 25.8 Å². The van der Waals surface area contributed by atoms with Crippen LogP contribution in [0.15, 0.2) is 18.2 Å². The van der Waals surface area contributed by atoms with Crippen LogP contribution in [0.3, 0.4) is 0 Å². The molecular weight excluding hydrogens is 232 g/mol. The number of benzene rings is 1. The molecule has 0 atom stereocenters. The Kier molecular flexibility index (Phi) is 3.47. The number of anilines is 1. The summed E-state index contributed by atoms with van der Waals surface area (Å²) in [6.45, 7) is 1.39. The number of carbonyl (C=O) groups is 1. The smallest absolute Gasteiger partial charge is 0.248 e. The van der Waals surface area contributed by atoms with E-state index in [0.29, 0.717) is 23.6 Å². The maximum Gasteiger partial charge on any atom is 0.248 e. The maximum absolute atomic E-state index is 11.1. The first-order valence-corrected chi connectivity index (χ1v) is 5.68. The first-order chi connectivity index (χ1) is 8.63. The van der Waals surface area contributed by atoms with Crippen molar-refractivity contribution in [2.45, 2.75) is 13.0 Å². The van der Waals surface area contributed by atoms with Crippen molar-refractivity contribution in [1.29, 1.82) is 0 Å². The average Bonchev–Trinajstić information content (AvgIpc) is 2.65. The van der Waals surface area contributed by atoms with Crippen molar-refractivity contribution in [2.24, 2.45) is 5.73 Å². The molecule has 6 heteroatoms. The Labute approximate surface area is 105 Å². The van der Waals surface area contributed by atoms with E-state index in [4.69, 9.17) is 16.2 Å². The topological polar surface area (TPSA) is 96.2 Å². The molecular formula is C12H16N4O2. The number of nitrogens with zero attached hydrogens (tertiary/aromatic N) is 2. The molecule has 2 rings (SSSR count). The molecule has 0 radical (unpaired) electrons. The normalized spacial score (nSPS) is 10.9. The van der Waals surface area contributed by atoms with Gasteiger partial charge in [-0.15, -0.1) is 0 Å². The number of imidazole rings is 1. The Bertz CT molecular complexity index is 577. The summed E-state index contributed by atoms with van der Waals surface area (Å²) < 4.78 is 6.91. The van der Waals surface area contributed by atoms with E-state index in [1.165, 1.54) is 0 Å². The Balaban J connectivity index is 2.36. The third-order valence-corrected chi connectivity index (χ3v) is 2.79. The molecule has 0 unspecified atom stereocenters. The van der Waals surface area contributed by atoms with Gasteiger partial charge in [-0.25, -0.2) is 4.98 Å². The van der Waals surface area contributed by atoms with Crippen LogP contribution in [0.1, 0.15) is 16.8 Å². The fourth-order valence-corrected chi connectivity index (χ4v) is 1.90. The van der Waals surface area contributed by atoms with Crippen LogP contribution in [0.2, 0.25) is 0 Å². The quantitative estimate of drug-likeness (QED) is 0.763. The Morgan fingerprint density at radius 1 is 1.50 bits per heavy atom. The van der Waals surface area contributed by atoms with Gasteiger partial charge in [0.2, 0.25) is 11.9 Å². The number of hydrogen-bond donors (Lipinski definition) is 2. The van der Waals surface area contributed by atoms with E-state index >= 15 is 0 Å². The molecule has 4 N–H and O–H groups in total. The summed E-state index contributed by atoms with van der Waals surface area (Å²) in [6, 6.07) is 5.14. The van der Waals surface area contributed by atoms with Gasteiger partial charge >= 0.3 is 0 Å². The SMILES string of the molecule is COCCCn1c(N)nc2cc(C(N)=O)ccc21. The second-order valence-electron chi connectivity index (χ2n) is 4.04. The zero-order chi connectivity index (χ0) is 13.1. The van der Waals surface area contributed by atoms with E-state index < -0.39 is 5.91 Å². The van der Waals surface area contributed by atoms with Gasteiger partial charge in [0.15, 0.2) is 0 Å². The number of methoxy groups -OCH3 is 1. The number of nitrogen functional groups attached to an aromatic ring is 1. The number of fused-ring (bicyclic) bond motifs is 1. The van der Waals surface area contributed by atoms with E-state index in [-0.39, 0.29) is 0 Å². The summed E-state index contributed by atoms with van der Waals surface area (Å²) in [7, 11) is 1.66. The van der Waals surface area contributed by atoms with Crippen LogP contribution in [0.4, 0.5) is 5.95 Å². The Morgan fingerprint density at radius 3 is 2.94 bits per heavy atom. The molecule has 2 aromatic rings. The highest BCUT2D eigenvalue weighted by Crippen LogP contribution is 2.19. The molecule has 0 aliphatic heterocycles. The standard InChI is InChI=1S/C12H16N4O2/c1-18-6-2-5-16-10-4-3-8(11(13)17)7-9(10)15-12(16)14/h3-4,7H,2,5-6H2,1H3,(H2,13,17)(H2,14,15). The van der Waals surface area contributed by atoms with Gasteiger partial charge in [-0.05, 0) is 24.6 Å². The minimum absolute atomic E-state index is 0.433. The lowest BCUT2D eigenvalue weighted by atomic mass is 10.2. The van der Waals surface area contributed by atoms with Crippen molar-refractivity contribution in [2.75, 3.05) is 19.5 Å². The molecule has 1 heterocycles. The van der Waals surface area contributed by atoms with Gasteiger partial charge < -0.3 is 20.8 Å². The number of carbonyl (C=O) groups excluding carboxylic acids is 1. The summed E-state index contributed by atoms with van der Waals surface area (Å²) in [5, 5.41) is 0. The summed E-state index contributed by atoms with van der Waals surface area (Å²) in [4.78, 5) is 15.3. The van der Waals surface area contributed by atoms with Gasteiger partial charge in [-0.3, -0.25) is 4.79 Å². The predicted octanol–water partition coefficient (Wildman–Crippen LogP) is 0.754. The van der Waals surface area contributed by atoms with E-state index in [2.05, 4.69) is 4.98 Å². The first kappa shape index (κ1) is 12.4. The summed E-state index contributed by atoms with van der Waals surface area (Å²) in [5.74, 6) is -0.0351. The fraction of sp³-hybridized carbons (Fsp3) is 0.333. The second-order valence-corrected chi connectivity index (χ2v) is 4.04. The van der Waals surface area contributed by atoms with Gasteiger partial charge in [-0.1, -0.05) is 0 Å². The average molecular weight is 248 g/mol. The van der Waals surface area contributed by atoms with Gasteiger partial charge in [-0.2, -0.15) is 0 Å². The molecule has 0 saturated carbocycles. The van der Waals surface area contributed by atoms with Crippen LogP contribution in [0.25, 0.3) is 11.0 Å². The minimum atomic E-state index is -0.468. The molecule has 1 amide bonds. The second kappa shape index (κ2) is 5.05. The molecule has 0 aliphatic carbocycles. The predicted molar refractivity (Wildman–Crippen MR) is 69.2 cm³/mol. The van der Waals surface area contributed by atoms with Crippen molar-refractivity contribution in [1.82, 2.24) is 9.55 Å². The lowest BCUT2D eigenvalue weighted by Crippen LogP contribution is -2.10. The highest BCUT2D eigenvalue weighted by atomic mass is 16.5. The molecule has 0 bridgehead atoms. The molecule has 0 aliphatic rings. The van der Waals surface area contributed by atoms with Crippen LogP contribution in [0, 0.1) is 0 Å². The Morgan fingerprint density at radius 2 is 2.28 bits per heavy atom. The number of aryl methyl sites for hydroxylation is 1. The van der Waals surface area contributed by atoms with Crippen molar-refractivity contribution >= 4 is 22.9 Å². The molecule has 96 valence electrons. The number of aromatic nitrogens is 2. The molecule has 1 aromatic heterocycles. The maximum atomic E-state index is 11.1. The van der Waals surface area contributed by atoms with Gasteiger partial charge in [0.05, 0.1) is 11.0 Å². The number of rotatable bonds is 5. The van der Waals surface area contributed by atoms with Crippen LogP contribution in [-0.2, 0) is 11.3 Å². The molecule has 0 fully saturated rings. The zero-order valence-corrected chi connectivity index (χ0v) is 10.2. The largest absolute Gasteiger partial charge is 0.385 e.